The monoisotopic (exact) mass is 280 g/mol. The highest BCUT2D eigenvalue weighted by molar-refractivity contribution is 5.94. The van der Waals surface area contributed by atoms with Crippen LogP contribution in [-0.2, 0) is 0 Å². The molecule has 0 bridgehead atoms. The molecule has 2 aromatic carbocycles. The molecule has 21 heavy (non-hydrogen) atoms. The van der Waals surface area contributed by atoms with Crippen molar-refractivity contribution in [2.75, 3.05) is 0 Å². The SMILES string of the molecule is Cc1ccc(C(=O)N/N=C/c2ccc(C(C)C)cc2)cc1. The molecule has 1 N–H and O–H groups in total. The topological polar surface area (TPSA) is 41.5 Å². The third-order valence-corrected chi connectivity index (χ3v) is 3.30. The number of hydrogen-bond acceptors (Lipinski definition) is 2. The van der Waals surface area contributed by atoms with Crippen molar-refractivity contribution in [1.29, 1.82) is 0 Å². The summed E-state index contributed by atoms with van der Waals surface area (Å²) in [6.07, 6.45) is 1.65. The Kier molecular flexibility index (Phi) is 4.88. The molecule has 3 nitrogen and oxygen atoms in total. The van der Waals surface area contributed by atoms with Crippen LogP contribution in [-0.4, -0.2) is 12.1 Å². The number of hydrazone groups is 1. The molecular formula is C18H20N2O. The molecule has 0 fully saturated rings. The van der Waals surface area contributed by atoms with Gasteiger partial charge in [0.2, 0.25) is 0 Å². The second-order valence-corrected chi connectivity index (χ2v) is 5.39. The van der Waals surface area contributed by atoms with Crippen LogP contribution in [0.4, 0.5) is 0 Å². The van der Waals surface area contributed by atoms with Crippen LogP contribution in [0.1, 0.15) is 46.8 Å². The van der Waals surface area contributed by atoms with Gasteiger partial charge < -0.3 is 0 Å². The van der Waals surface area contributed by atoms with Gasteiger partial charge in [-0.05, 0) is 36.1 Å². The number of rotatable bonds is 4. The third kappa shape index (κ3) is 4.28. The van der Waals surface area contributed by atoms with Crippen LogP contribution < -0.4 is 5.43 Å². The molecule has 2 aromatic rings. The molecule has 0 saturated carbocycles. The Labute approximate surface area is 125 Å². The first kappa shape index (κ1) is 15.0. The minimum atomic E-state index is -0.204. The van der Waals surface area contributed by atoms with Gasteiger partial charge >= 0.3 is 0 Å². The Morgan fingerprint density at radius 1 is 1.05 bits per heavy atom. The van der Waals surface area contributed by atoms with E-state index in [1.807, 2.05) is 31.2 Å². The molecule has 3 heteroatoms. The van der Waals surface area contributed by atoms with Crippen molar-refractivity contribution in [2.24, 2.45) is 5.10 Å². The molecule has 0 atom stereocenters. The zero-order valence-electron chi connectivity index (χ0n) is 12.6. The van der Waals surface area contributed by atoms with Crippen LogP contribution >= 0.6 is 0 Å². The number of carbonyl (C=O) groups is 1. The second kappa shape index (κ2) is 6.84. The molecule has 0 aromatic heterocycles. The quantitative estimate of drug-likeness (QED) is 0.670. The van der Waals surface area contributed by atoms with Crippen LogP contribution in [0.2, 0.25) is 0 Å². The van der Waals surface area contributed by atoms with Crippen LogP contribution in [0.15, 0.2) is 53.6 Å². The summed E-state index contributed by atoms with van der Waals surface area (Å²) in [7, 11) is 0. The van der Waals surface area contributed by atoms with Crippen molar-refractivity contribution in [3.8, 4) is 0 Å². The number of hydrogen-bond donors (Lipinski definition) is 1. The summed E-state index contributed by atoms with van der Waals surface area (Å²) in [5.74, 6) is 0.308. The lowest BCUT2D eigenvalue weighted by atomic mass is 10.0. The van der Waals surface area contributed by atoms with Crippen molar-refractivity contribution in [3.63, 3.8) is 0 Å². The molecule has 0 aliphatic carbocycles. The second-order valence-electron chi connectivity index (χ2n) is 5.39. The van der Waals surface area contributed by atoms with Gasteiger partial charge in [-0.1, -0.05) is 55.8 Å². The van der Waals surface area contributed by atoms with E-state index >= 15 is 0 Å². The van der Waals surface area contributed by atoms with Gasteiger partial charge in [-0.15, -0.1) is 0 Å². The fourth-order valence-electron chi connectivity index (χ4n) is 1.90. The van der Waals surface area contributed by atoms with E-state index in [1.54, 1.807) is 18.3 Å². The van der Waals surface area contributed by atoms with Gasteiger partial charge in [0.15, 0.2) is 0 Å². The molecule has 0 aliphatic rings. The van der Waals surface area contributed by atoms with Gasteiger partial charge in [0, 0.05) is 5.56 Å². The third-order valence-electron chi connectivity index (χ3n) is 3.30. The summed E-state index contributed by atoms with van der Waals surface area (Å²) in [5.41, 5.74) is 6.51. The lowest BCUT2D eigenvalue weighted by molar-refractivity contribution is 0.0955. The van der Waals surface area contributed by atoms with Crippen LogP contribution in [0.5, 0.6) is 0 Å². The Morgan fingerprint density at radius 2 is 1.67 bits per heavy atom. The minimum Gasteiger partial charge on any atom is -0.267 e. The maximum absolute atomic E-state index is 11.9. The molecule has 0 spiro atoms. The summed E-state index contributed by atoms with van der Waals surface area (Å²) < 4.78 is 0. The van der Waals surface area contributed by atoms with E-state index in [0.717, 1.165) is 11.1 Å². The van der Waals surface area contributed by atoms with Crippen LogP contribution in [0, 0.1) is 6.92 Å². The van der Waals surface area contributed by atoms with E-state index < -0.39 is 0 Å². The minimum absolute atomic E-state index is 0.204. The maximum atomic E-state index is 11.9. The van der Waals surface area contributed by atoms with Crippen molar-refractivity contribution < 1.29 is 4.79 Å². The largest absolute Gasteiger partial charge is 0.271 e. The first-order chi connectivity index (χ1) is 10.1. The summed E-state index contributed by atoms with van der Waals surface area (Å²) >= 11 is 0. The van der Waals surface area contributed by atoms with Crippen molar-refractivity contribution in [3.05, 3.63) is 70.8 Å². The number of nitrogens with zero attached hydrogens (tertiary/aromatic N) is 1. The van der Waals surface area contributed by atoms with E-state index in [0.29, 0.717) is 11.5 Å². The number of nitrogens with one attached hydrogen (secondary N) is 1. The number of amides is 1. The molecule has 2 rings (SSSR count). The molecule has 108 valence electrons. The molecule has 0 unspecified atom stereocenters. The van der Waals surface area contributed by atoms with Gasteiger partial charge in [-0.25, -0.2) is 5.43 Å². The molecular weight excluding hydrogens is 260 g/mol. The maximum Gasteiger partial charge on any atom is 0.271 e. The summed E-state index contributed by atoms with van der Waals surface area (Å²) in [5, 5.41) is 3.99. The Bertz CT molecular complexity index is 625. The predicted octanol–water partition coefficient (Wildman–Crippen LogP) is 3.88. The zero-order valence-corrected chi connectivity index (χ0v) is 12.6. The summed E-state index contributed by atoms with van der Waals surface area (Å²) in [6.45, 7) is 6.30. The van der Waals surface area contributed by atoms with Crippen molar-refractivity contribution in [2.45, 2.75) is 26.7 Å². The molecule has 0 radical (unpaired) electrons. The van der Waals surface area contributed by atoms with Crippen molar-refractivity contribution in [1.82, 2.24) is 5.43 Å². The van der Waals surface area contributed by atoms with E-state index in [4.69, 9.17) is 0 Å². The number of benzene rings is 2. The molecule has 0 saturated heterocycles. The van der Waals surface area contributed by atoms with Gasteiger partial charge in [0.05, 0.1) is 6.21 Å². The highest BCUT2D eigenvalue weighted by Crippen LogP contribution is 2.13. The van der Waals surface area contributed by atoms with E-state index in [-0.39, 0.29) is 5.91 Å². The van der Waals surface area contributed by atoms with E-state index in [2.05, 4.69) is 36.5 Å². The molecule has 0 heterocycles. The lowest BCUT2D eigenvalue weighted by Crippen LogP contribution is -2.17. The highest BCUT2D eigenvalue weighted by Gasteiger charge is 2.02. The average Bonchev–Trinajstić information content (AvgIpc) is 2.48. The summed E-state index contributed by atoms with van der Waals surface area (Å²) in [6, 6.07) is 15.5. The highest BCUT2D eigenvalue weighted by atomic mass is 16.2. The standard InChI is InChI=1S/C18H20N2O/c1-13(2)16-10-6-15(7-11-16)12-19-20-18(21)17-8-4-14(3)5-9-17/h4-13H,1-3H3,(H,20,21)/b19-12+. The fraction of sp³-hybridized carbons (Fsp3) is 0.222. The Hall–Kier alpha value is -2.42. The van der Waals surface area contributed by atoms with E-state index in [1.165, 1.54) is 5.56 Å². The Morgan fingerprint density at radius 3 is 2.24 bits per heavy atom. The smallest absolute Gasteiger partial charge is 0.267 e. The normalized spacial score (nSPS) is 11.0. The lowest BCUT2D eigenvalue weighted by Gasteiger charge is -2.04. The fourth-order valence-corrected chi connectivity index (χ4v) is 1.90. The van der Waals surface area contributed by atoms with E-state index in [9.17, 15) is 4.79 Å². The first-order valence-corrected chi connectivity index (χ1v) is 7.06. The summed E-state index contributed by atoms with van der Waals surface area (Å²) in [4.78, 5) is 11.9. The van der Waals surface area contributed by atoms with Crippen LogP contribution in [0.25, 0.3) is 0 Å². The first-order valence-electron chi connectivity index (χ1n) is 7.06. The predicted molar refractivity (Wildman–Crippen MR) is 86.8 cm³/mol. The Balaban J connectivity index is 1.95. The van der Waals surface area contributed by atoms with Gasteiger partial charge in [0.1, 0.15) is 0 Å². The average molecular weight is 280 g/mol. The zero-order chi connectivity index (χ0) is 15.2. The van der Waals surface area contributed by atoms with Gasteiger partial charge in [-0.3, -0.25) is 4.79 Å². The van der Waals surface area contributed by atoms with Gasteiger partial charge in [-0.2, -0.15) is 5.10 Å². The van der Waals surface area contributed by atoms with Crippen molar-refractivity contribution >= 4 is 12.1 Å². The van der Waals surface area contributed by atoms with Crippen LogP contribution in [0.3, 0.4) is 0 Å². The number of aryl methyl sites for hydroxylation is 1. The number of carbonyl (C=O) groups excluding carboxylic acids is 1. The molecule has 0 aliphatic heterocycles. The molecule has 1 amide bonds. The van der Waals surface area contributed by atoms with Gasteiger partial charge in [0.25, 0.3) is 5.91 Å².